The van der Waals surface area contributed by atoms with Crippen molar-refractivity contribution < 1.29 is 19.1 Å². The lowest BCUT2D eigenvalue weighted by Gasteiger charge is -2.39. The third-order valence-corrected chi connectivity index (χ3v) is 7.30. The molecule has 0 saturated carbocycles. The van der Waals surface area contributed by atoms with Gasteiger partial charge in [0, 0.05) is 44.2 Å². The van der Waals surface area contributed by atoms with Gasteiger partial charge in [-0.3, -0.25) is 9.59 Å². The SMILES string of the molecule is CC(C)(C)c1cn([C@@H]2CC[C@H]3CCOc4ccccc4C(=O)N4CCNC[C@H]4C(=O)NC[C@H]2O3)nn1. The van der Waals surface area contributed by atoms with E-state index in [1.165, 1.54) is 0 Å². The van der Waals surface area contributed by atoms with Gasteiger partial charge in [-0.2, -0.15) is 0 Å². The average Bonchev–Trinajstić information content (AvgIpc) is 3.38. The zero-order valence-electron chi connectivity index (χ0n) is 21.3. The molecule has 36 heavy (non-hydrogen) atoms. The molecule has 3 aliphatic rings. The Kier molecular flexibility index (Phi) is 6.98. The predicted molar refractivity (Wildman–Crippen MR) is 133 cm³/mol. The number of ether oxygens (including phenoxy) is 2. The van der Waals surface area contributed by atoms with Gasteiger partial charge in [0.1, 0.15) is 11.8 Å². The van der Waals surface area contributed by atoms with E-state index < -0.39 is 6.04 Å². The second-order valence-corrected chi connectivity index (χ2v) is 10.9. The van der Waals surface area contributed by atoms with Crippen LogP contribution in [0, 0.1) is 0 Å². The van der Waals surface area contributed by atoms with Crippen LogP contribution in [-0.4, -0.2) is 82.7 Å². The van der Waals surface area contributed by atoms with E-state index in [0.717, 1.165) is 18.5 Å². The summed E-state index contributed by atoms with van der Waals surface area (Å²) < 4.78 is 14.5. The number of nitrogens with zero attached hydrogens (tertiary/aromatic N) is 4. The number of piperazine rings is 1. The van der Waals surface area contributed by atoms with Gasteiger partial charge in [0.25, 0.3) is 5.91 Å². The van der Waals surface area contributed by atoms with Crippen LogP contribution >= 0.6 is 0 Å². The van der Waals surface area contributed by atoms with Gasteiger partial charge in [-0.25, -0.2) is 4.68 Å². The van der Waals surface area contributed by atoms with Crippen molar-refractivity contribution in [1.29, 1.82) is 0 Å². The summed E-state index contributed by atoms with van der Waals surface area (Å²) >= 11 is 0. The van der Waals surface area contributed by atoms with Crippen molar-refractivity contribution in [3.8, 4) is 5.75 Å². The molecule has 0 aliphatic carbocycles. The van der Waals surface area contributed by atoms with Gasteiger partial charge >= 0.3 is 0 Å². The highest BCUT2D eigenvalue weighted by Gasteiger charge is 2.37. The number of benzene rings is 1. The number of para-hydroxylation sites is 1. The van der Waals surface area contributed by atoms with Crippen molar-refractivity contribution in [1.82, 2.24) is 30.5 Å². The highest BCUT2D eigenvalue weighted by atomic mass is 16.5. The number of aromatic nitrogens is 3. The monoisotopic (exact) mass is 496 g/mol. The smallest absolute Gasteiger partial charge is 0.258 e. The first-order chi connectivity index (χ1) is 17.3. The minimum Gasteiger partial charge on any atom is -0.493 e. The van der Waals surface area contributed by atoms with E-state index in [1.807, 2.05) is 29.1 Å². The molecule has 2 saturated heterocycles. The number of nitrogens with one attached hydrogen (secondary N) is 2. The molecule has 2 bridgehead atoms. The third kappa shape index (κ3) is 5.10. The molecule has 2 fully saturated rings. The molecule has 4 atom stereocenters. The molecular weight excluding hydrogens is 460 g/mol. The quantitative estimate of drug-likeness (QED) is 0.618. The summed E-state index contributed by atoms with van der Waals surface area (Å²) in [7, 11) is 0. The van der Waals surface area contributed by atoms with Crippen LogP contribution in [0.3, 0.4) is 0 Å². The van der Waals surface area contributed by atoms with E-state index in [4.69, 9.17) is 9.47 Å². The topological polar surface area (TPSA) is 111 Å². The van der Waals surface area contributed by atoms with Crippen molar-refractivity contribution in [3.63, 3.8) is 0 Å². The van der Waals surface area contributed by atoms with Crippen molar-refractivity contribution in [2.45, 2.75) is 69.7 Å². The van der Waals surface area contributed by atoms with Gasteiger partial charge in [0.2, 0.25) is 5.91 Å². The molecule has 5 rings (SSSR count). The number of carbonyl (C=O) groups excluding carboxylic acids is 2. The fourth-order valence-corrected chi connectivity index (χ4v) is 5.15. The molecule has 3 aliphatic heterocycles. The van der Waals surface area contributed by atoms with Gasteiger partial charge in [-0.1, -0.05) is 38.1 Å². The summed E-state index contributed by atoms with van der Waals surface area (Å²) in [6.45, 7) is 8.60. The predicted octanol–water partition coefficient (Wildman–Crippen LogP) is 1.68. The molecule has 1 aromatic heterocycles. The molecule has 2 N–H and O–H groups in total. The number of hydrogen-bond acceptors (Lipinski definition) is 7. The maximum Gasteiger partial charge on any atom is 0.258 e. The maximum absolute atomic E-state index is 13.5. The van der Waals surface area contributed by atoms with Crippen LogP contribution in [-0.2, 0) is 14.9 Å². The molecular formula is C26H36N6O4. The van der Waals surface area contributed by atoms with Gasteiger partial charge in [0.05, 0.1) is 36.1 Å². The molecule has 1 aromatic carbocycles. The molecule has 194 valence electrons. The minimum atomic E-state index is -0.612. The summed E-state index contributed by atoms with van der Waals surface area (Å²) in [5.41, 5.74) is 1.30. The lowest BCUT2D eigenvalue weighted by molar-refractivity contribution is -0.129. The van der Waals surface area contributed by atoms with Crippen LogP contribution in [0.25, 0.3) is 0 Å². The number of rotatable bonds is 1. The van der Waals surface area contributed by atoms with Crippen LogP contribution in [0.5, 0.6) is 5.75 Å². The van der Waals surface area contributed by atoms with E-state index in [1.54, 1.807) is 11.0 Å². The summed E-state index contributed by atoms with van der Waals surface area (Å²) in [6.07, 6.45) is 4.13. The van der Waals surface area contributed by atoms with E-state index >= 15 is 0 Å². The Labute approximate surface area is 211 Å². The highest BCUT2D eigenvalue weighted by molar-refractivity contribution is 6.00. The first kappa shape index (κ1) is 24.7. The van der Waals surface area contributed by atoms with Crippen LogP contribution in [0.2, 0.25) is 0 Å². The first-order valence-electron chi connectivity index (χ1n) is 12.9. The summed E-state index contributed by atoms with van der Waals surface area (Å²) in [6, 6.07) is 6.61. The molecule has 10 nitrogen and oxygen atoms in total. The number of hydrogen-bond donors (Lipinski definition) is 2. The molecule has 0 unspecified atom stereocenters. The van der Waals surface area contributed by atoms with Gasteiger partial charge in [-0.05, 0) is 25.0 Å². The lowest BCUT2D eigenvalue weighted by atomic mass is 9.93. The second kappa shape index (κ2) is 10.2. The van der Waals surface area contributed by atoms with Crippen LogP contribution in [0.15, 0.2) is 30.5 Å². The fraction of sp³-hybridized carbons (Fsp3) is 0.615. The number of amides is 2. The van der Waals surface area contributed by atoms with Crippen LogP contribution in [0.4, 0.5) is 0 Å². The van der Waals surface area contributed by atoms with Crippen molar-refractivity contribution in [2.24, 2.45) is 0 Å². The zero-order chi connectivity index (χ0) is 25.3. The van der Waals surface area contributed by atoms with E-state index in [2.05, 4.69) is 41.7 Å². The molecule has 0 radical (unpaired) electrons. The molecule has 10 heteroatoms. The molecule has 2 amide bonds. The van der Waals surface area contributed by atoms with E-state index in [-0.39, 0.29) is 35.5 Å². The van der Waals surface area contributed by atoms with Crippen molar-refractivity contribution >= 4 is 11.8 Å². The molecule has 2 aromatic rings. The van der Waals surface area contributed by atoms with Crippen LogP contribution < -0.4 is 15.4 Å². The third-order valence-electron chi connectivity index (χ3n) is 7.30. The van der Waals surface area contributed by atoms with Gasteiger partial charge in [-0.15, -0.1) is 5.10 Å². The van der Waals surface area contributed by atoms with E-state index in [9.17, 15) is 9.59 Å². The first-order valence-corrected chi connectivity index (χ1v) is 12.9. The average molecular weight is 497 g/mol. The Hall–Kier alpha value is -2.98. The van der Waals surface area contributed by atoms with Gasteiger partial charge in [0.15, 0.2) is 0 Å². The standard InChI is InChI=1S/C26H36N6O4/c1-26(2,3)23-16-32(30-29-23)19-9-8-17-10-13-35-21-7-5-4-6-18(21)25(34)31-12-11-27-14-20(31)24(33)28-15-22(19)36-17/h4-7,16-17,19-20,22,27H,8-15H2,1-3H3,(H,28,33)/t17-,19+,20-,22+/m0/s1. The van der Waals surface area contributed by atoms with Crippen molar-refractivity contribution in [3.05, 3.63) is 41.7 Å². The maximum atomic E-state index is 13.5. The summed E-state index contributed by atoms with van der Waals surface area (Å²) in [5, 5.41) is 15.1. The Morgan fingerprint density at radius 1 is 1.08 bits per heavy atom. The normalized spacial score (nSPS) is 27.8. The van der Waals surface area contributed by atoms with Crippen LogP contribution in [0.1, 0.15) is 62.1 Å². The Bertz CT molecular complexity index is 1100. The van der Waals surface area contributed by atoms with E-state index in [0.29, 0.717) is 50.5 Å². The number of carbonyl (C=O) groups is 2. The molecule has 0 spiro atoms. The Morgan fingerprint density at radius 3 is 2.72 bits per heavy atom. The summed E-state index contributed by atoms with van der Waals surface area (Å²) in [5.74, 6) is 0.167. The highest BCUT2D eigenvalue weighted by Crippen LogP contribution is 2.32. The fourth-order valence-electron chi connectivity index (χ4n) is 5.15. The van der Waals surface area contributed by atoms with Gasteiger partial charge < -0.3 is 25.0 Å². The largest absolute Gasteiger partial charge is 0.493 e. The zero-order valence-corrected chi connectivity index (χ0v) is 21.3. The molecule has 4 heterocycles. The minimum absolute atomic E-state index is 0.00703. The lowest BCUT2D eigenvalue weighted by Crippen LogP contribution is -2.60. The second-order valence-electron chi connectivity index (χ2n) is 10.9. The van der Waals surface area contributed by atoms with Crippen molar-refractivity contribution in [2.75, 3.05) is 32.8 Å². The number of fused-ring (bicyclic) bond motifs is 4. The summed E-state index contributed by atoms with van der Waals surface area (Å²) in [4.78, 5) is 28.5. The Balaban J connectivity index is 1.41. The Morgan fingerprint density at radius 2 is 1.92 bits per heavy atom.